The molecule has 0 aromatic rings. The van der Waals surface area contributed by atoms with Crippen molar-refractivity contribution in [2.45, 2.75) is 45.3 Å². The predicted octanol–water partition coefficient (Wildman–Crippen LogP) is 1.03. The molecule has 5 heteroatoms. The van der Waals surface area contributed by atoms with Gasteiger partial charge in [0.15, 0.2) is 6.10 Å². The van der Waals surface area contributed by atoms with Crippen LogP contribution < -0.4 is 0 Å². The van der Waals surface area contributed by atoms with Gasteiger partial charge in [-0.3, -0.25) is 14.5 Å². The monoisotopic (exact) mass is 251 g/mol. The van der Waals surface area contributed by atoms with Crippen LogP contribution in [0, 0.1) is 5.92 Å². The number of likely N-dealkylation sites (tertiary alicyclic amines) is 1. The van der Waals surface area contributed by atoms with Gasteiger partial charge in [-0.1, -0.05) is 13.0 Å². The van der Waals surface area contributed by atoms with Gasteiger partial charge in [-0.15, -0.1) is 0 Å². The highest BCUT2D eigenvalue weighted by molar-refractivity contribution is 6.04. The van der Waals surface area contributed by atoms with E-state index >= 15 is 0 Å². The quantitative estimate of drug-likeness (QED) is 0.427. The van der Waals surface area contributed by atoms with Crippen LogP contribution in [0.3, 0.4) is 0 Å². The maximum absolute atomic E-state index is 12.0. The largest absolute Gasteiger partial charge is 0.449 e. The van der Waals surface area contributed by atoms with Gasteiger partial charge in [-0.05, 0) is 26.7 Å². The van der Waals surface area contributed by atoms with Crippen LogP contribution in [0.4, 0.5) is 0 Å². The van der Waals surface area contributed by atoms with Crippen LogP contribution in [0.1, 0.15) is 33.1 Å². The van der Waals surface area contributed by atoms with Gasteiger partial charge in [0, 0.05) is 5.57 Å². The summed E-state index contributed by atoms with van der Waals surface area (Å²) in [7, 11) is 0. The van der Waals surface area contributed by atoms with E-state index < -0.39 is 18.0 Å². The number of esters is 1. The molecule has 3 atom stereocenters. The Balaban J connectivity index is 1.97. The van der Waals surface area contributed by atoms with Crippen molar-refractivity contribution in [1.29, 1.82) is 0 Å². The van der Waals surface area contributed by atoms with E-state index in [9.17, 15) is 14.4 Å². The summed E-state index contributed by atoms with van der Waals surface area (Å²) in [6.45, 7) is 6.45. The molecular formula is C13H17NO4. The second-order valence-corrected chi connectivity index (χ2v) is 4.98. The van der Waals surface area contributed by atoms with Gasteiger partial charge in [0.2, 0.25) is 5.91 Å². The topological polar surface area (TPSA) is 63.7 Å². The number of ether oxygens (including phenoxy) is 1. The smallest absolute Gasteiger partial charge is 0.333 e. The number of hydrogen-bond donors (Lipinski definition) is 0. The third-order valence-corrected chi connectivity index (χ3v) is 3.58. The van der Waals surface area contributed by atoms with E-state index in [1.807, 2.05) is 0 Å². The van der Waals surface area contributed by atoms with Gasteiger partial charge in [0.25, 0.3) is 5.91 Å². The molecule has 0 spiro atoms. The molecule has 0 radical (unpaired) electrons. The Morgan fingerprint density at radius 2 is 2.11 bits per heavy atom. The van der Waals surface area contributed by atoms with Gasteiger partial charge in [-0.25, -0.2) is 4.79 Å². The van der Waals surface area contributed by atoms with Crippen LogP contribution in [0.15, 0.2) is 12.2 Å². The van der Waals surface area contributed by atoms with Crippen LogP contribution >= 0.6 is 0 Å². The van der Waals surface area contributed by atoms with Crippen LogP contribution in [0.2, 0.25) is 0 Å². The summed E-state index contributed by atoms with van der Waals surface area (Å²) in [4.78, 5) is 36.4. The molecule has 98 valence electrons. The number of amides is 2. The van der Waals surface area contributed by atoms with Crippen molar-refractivity contribution in [3.8, 4) is 0 Å². The lowest BCUT2D eigenvalue weighted by Gasteiger charge is -2.42. The standard InChI is InChI=1S/C13H17NO4/c1-7(2)13(17)18-8(3)11(15)14-10-6-4-5-9(10)12(14)16/h8-10H,1,4-6H2,2-3H3. The maximum Gasteiger partial charge on any atom is 0.333 e. The van der Waals surface area contributed by atoms with Crippen molar-refractivity contribution >= 4 is 17.8 Å². The Morgan fingerprint density at radius 3 is 2.72 bits per heavy atom. The summed E-state index contributed by atoms with van der Waals surface area (Å²) in [6, 6.07) is 0.0241. The zero-order valence-corrected chi connectivity index (χ0v) is 10.6. The minimum Gasteiger partial charge on any atom is -0.449 e. The SMILES string of the molecule is C=C(C)C(=O)OC(C)C(=O)N1C(=O)C2CCCC21. The minimum atomic E-state index is -0.931. The summed E-state index contributed by atoms with van der Waals surface area (Å²) >= 11 is 0. The molecule has 18 heavy (non-hydrogen) atoms. The van der Waals surface area contributed by atoms with Crippen LogP contribution in [0.5, 0.6) is 0 Å². The molecular weight excluding hydrogens is 234 g/mol. The first-order chi connectivity index (χ1) is 8.43. The molecule has 0 N–H and O–H groups in total. The molecule has 5 nitrogen and oxygen atoms in total. The molecule has 1 aliphatic heterocycles. The van der Waals surface area contributed by atoms with Crippen molar-refractivity contribution in [2.24, 2.45) is 5.92 Å². The highest BCUT2D eigenvalue weighted by Gasteiger charge is 2.53. The molecule has 0 aromatic carbocycles. The van der Waals surface area contributed by atoms with Crippen molar-refractivity contribution in [3.05, 3.63) is 12.2 Å². The van der Waals surface area contributed by atoms with Gasteiger partial charge in [0.1, 0.15) is 0 Å². The Labute approximate surface area is 106 Å². The zero-order chi connectivity index (χ0) is 13.4. The Kier molecular flexibility index (Phi) is 3.24. The summed E-state index contributed by atoms with van der Waals surface area (Å²) < 4.78 is 4.95. The molecule has 1 saturated heterocycles. The predicted molar refractivity (Wildman–Crippen MR) is 63.4 cm³/mol. The number of fused-ring (bicyclic) bond motifs is 1. The molecule has 1 saturated carbocycles. The van der Waals surface area contributed by atoms with E-state index in [0.717, 1.165) is 19.3 Å². The van der Waals surface area contributed by atoms with Crippen LogP contribution in [-0.2, 0) is 19.1 Å². The third-order valence-electron chi connectivity index (χ3n) is 3.58. The molecule has 2 rings (SSSR count). The molecule has 2 aliphatic rings. The zero-order valence-electron chi connectivity index (χ0n) is 10.6. The second kappa shape index (κ2) is 4.55. The van der Waals surface area contributed by atoms with Gasteiger partial charge >= 0.3 is 5.97 Å². The highest BCUT2D eigenvalue weighted by atomic mass is 16.5. The van der Waals surface area contributed by atoms with Crippen molar-refractivity contribution < 1.29 is 19.1 Å². The van der Waals surface area contributed by atoms with Crippen LogP contribution in [0.25, 0.3) is 0 Å². The van der Waals surface area contributed by atoms with E-state index in [1.54, 1.807) is 0 Å². The van der Waals surface area contributed by atoms with E-state index in [4.69, 9.17) is 4.74 Å². The molecule has 2 fully saturated rings. The van der Waals surface area contributed by atoms with E-state index in [1.165, 1.54) is 18.7 Å². The summed E-state index contributed by atoms with van der Waals surface area (Å²) in [6.07, 6.45) is 1.78. The first kappa shape index (κ1) is 12.8. The first-order valence-corrected chi connectivity index (χ1v) is 6.17. The van der Waals surface area contributed by atoms with Crippen molar-refractivity contribution in [2.75, 3.05) is 0 Å². The Hall–Kier alpha value is -1.65. The lowest BCUT2D eigenvalue weighted by Crippen LogP contribution is -2.62. The number of β-lactam (4-membered cyclic amide) rings is 1. The van der Waals surface area contributed by atoms with Crippen molar-refractivity contribution in [1.82, 2.24) is 4.90 Å². The normalized spacial score (nSPS) is 27.2. The average molecular weight is 251 g/mol. The maximum atomic E-state index is 12.0. The third kappa shape index (κ3) is 1.94. The summed E-state index contributed by atoms with van der Waals surface area (Å²) in [5.41, 5.74) is 0.239. The van der Waals surface area contributed by atoms with E-state index in [2.05, 4.69) is 6.58 Å². The number of nitrogens with zero attached hydrogens (tertiary/aromatic N) is 1. The molecule has 0 aromatic heterocycles. The minimum absolute atomic E-state index is 0.0120. The fraction of sp³-hybridized carbons (Fsp3) is 0.615. The number of carbonyl (C=O) groups excluding carboxylic acids is 3. The highest BCUT2D eigenvalue weighted by Crippen LogP contribution is 2.40. The van der Waals surface area contributed by atoms with Crippen molar-refractivity contribution in [3.63, 3.8) is 0 Å². The molecule has 1 heterocycles. The lowest BCUT2D eigenvalue weighted by atomic mass is 9.90. The fourth-order valence-electron chi connectivity index (χ4n) is 2.58. The van der Waals surface area contributed by atoms with E-state index in [-0.39, 0.29) is 23.4 Å². The van der Waals surface area contributed by atoms with E-state index in [0.29, 0.717) is 0 Å². The number of carbonyl (C=O) groups is 3. The number of hydrogen-bond acceptors (Lipinski definition) is 4. The fourth-order valence-corrected chi connectivity index (χ4v) is 2.58. The van der Waals surface area contributed by atoms with Crippen LogP contribution in [-0.4, -0.2) is 34.8 Å². The van der Waals surface area contributed by atoms with Gasteiger partial charge in [0.05, 0.1) is 12.0 Å². The Bertz CT molecular complexity index is 429. The number of imide groups is 1. The summed E-state index contributed by atoms with van der Waals surface area (Å²) in [5.74, 6) is -1.14. The first-order valence-electron chi connectivity index (χ1n) is 6.17. The molecule has 3 unspecified atom stereocenters. The number of rotatable bonds is 3. The van der Waals surface area contributed by atoms with Gasteiger partial charge < -0.3 is 4.74 Å². The lowest BCUT2D eigenvalue weighted by molar-refractivity contribution is -0.173. The van der Waals surface area contributed by atoms with Gasteiger partial charge in [-0.2, -0.15) is 0 Å². The molecule has 0 bridgehead atoms. The average Bonchev–Trinajstić information content (AvgIpc) is 2.72. The summed E-state index contributed by atoms with van der Waals surface area (Å²) in [5, 5.41) is 0. The molecule has 1 aliphatic carbocycles. The molecule has 2 amide bonds. The second-order valence-electron chi connectivity index (χ2n) is 4.98. The Morgan fingerprint density at radius 1 is 1.44 bits per heavy atom.